The molecule has 1 saturated heterocycles. The first-order valence-corrected chi connectivity index (χ1v) is 4.98. The van der Waals surface area contributed by atoms with Gasteiger partial charge in [-0.3, -0.25) is 0 Å². The average Bonchev–Trinajstić information content (AvgIpc) is 2.85. The van der Waals surface area contributed by atoms with Crippen LogP contribution in [0.1, 0.15) is 17.4 Å². The van der Waals surface area contributed by atoms with Crippen LogP contribution in [0, 0.1) is 6.92 Å². The van der Waals surface area contributed by atoms with Crippen LogP contribution in [-0.4, -0.2) is 20.0 Å². The van der Waals surface area contributed by atoms with E-state index in [1.54, 1.807) is 0 Å². The minimum atomic E-state index is -0.250. The maximum atomic E-state index is 5.46. The van der Waals surface area contributed by atoms with Crippen LogP contribution in [0.25, 0.3) is 0 Å². The molecule has 0 bridgehead atoms. The highest BCUT2D eigenvalue weighted by Gasteiger charge is 2.24. The normalized spacial score (nSPS) is 19.8. The van der Waals surface area contributed by atoms with Crippen LogP contribution in [0.2, 0.25) is 0 Å². The van der Waals surface area contributed by atoms with Gasteiger partial charge in [0, 0.05) is 5.56 Å². The second kappa shape index (κ2) is 3.40. The second-order valence-corrected chi connectivity index (χ2v) is 3.64. The molecule has 15 heavy (non-hydrogen) atoms. The number of aryl methyl sites for hydroxylation is 1. The molecule has 0 aliphatic carbocycles. The number of rotatable bonds is 1. The molecule has 3 rings (SSSR count). The largest absolute Gasteiger partial charge is 0.454 e. The Morgan fingerprint density at radius 2 is 1.73 bits per heavy atom. The molecule has 0 N–H and O–H groups in total. The Kier molecular flexibility index (Phi) is 2.04. The highest BCUT2D eigenvalue weighted by Crippen LogP contribution is 2.38. The van der Waals surface area contributed by atoms with Gasteiger partial charge >= 0.3 is 0 Å². The third-order valence-corrected chi connectivity index (χ3v) is 2.64. The summed E-state index contributed by atoms with van der Waals surface area (Å²) < 4.78 is 21.5. The highest BCUT2D eigenvalue weighted by atomic mass is 16.7. The standard InChI is InChI=1S/C11H12O4/c1-7-4-9-10(15-6-14-9)5-8(7)11-12-2-3-13-11/h4-5,11H,2-3,6H2,1H3. The summed E-state index contributed by atoms with van der Waals surface area (Å²) in [6, 6.07) is 3.90. The number of benzene rings is 1. The van der Waals surface area contributed by atoms with Gasteiger partial charge in [-0.2, -0.15) is 0 Å². The van der Waals surface area contributed by atoms with E-state index in [1.165, 1.54) is 0 Å². The molecular formula is C11H12O4. The monoisotopic (exact) mass is 208 g/mol. The van der Waals surface area contributed by atoms with E-state index in [-0.39, 0.29) is 6.29 Å². The van der Waals surface area contributed by atoms with Gasteiger partial charge in [-0.15, -0.1) is 0 Å². The molecule has 0 radical (unpaired) electrons. The summed E-state index contributed by atoms with van der Waals surface area (Å²) in [7, 11) is 0. The molecule has 1 aromatic rings. The molecule has 0 unspecified atom stereocenters. The third-order valence-electron chi connectivity index (χ3n) is 2.64. The molecule has 0 spiro atoms. The fourth-order valence-corrected chi connectivity index (χ4v) is 1.85. The van der Waals surface area contributed by atoms with Crippen LogP contribution < -0.4 is 9.47 Å². The van der Waals surface area contributed by atoms with Crippen molar-refractivity contribution in [3.63, 3.8) is 0 Å². The lowest BCUT2D eigenvalue weighted by atomic mass is 10.1. The van der Waals surface area contributed by atoms with Gasteiger partial charge in [0.1, 0.15) is 0 Å². The Balaban J connectivity index is 2.00. The van der Waals surface area contributed by atoms with Crippen LogP contribution in [0.4, 0.5) is 0 Å². The maximum absolute atomic E-state index is 5.46. The summed E-state index contributed by atoms with van der Waals surface area (Å²) >= 11 is 0. The van der Waals surface area contributed by atoms with Crippen molar-refractivity contribution >= 4 is 0 Å². The Bertz CT molecular complexity index is 382. The maximum Gasteiger partial charge on any atom is 0.231 e. The smallest absolute Gasteiger partial charge is 0.231 e. The lowest BCUT2D eigenvalue weighted by Crippen LogP contribution is -2.00. The molecule has 2 heterocycles. The van der Waals surface area contributed by atoms with Crippen LogP contribution in [-0.2, 0) is 9.47 Å². The van der Waals surface area contributed by atoms with Crippen molar-refractivity contribution in [2.75, 3.05) is 20.0 Å². The number of ether oxygens (including phenoxy) is 4. The van der Waals surface area contributed by atoms with Crippen LogP contribution in [0.15, 0.2) is 12.1 Å². The van der Waals surface area contributed by atoms with Crippen LogP contribution >= 0.6 is 0 Å². The number of fused-ring (bicyclic) bond motifs is 1. The predicted molar refractivity (Wildman–Crippen MR) is 51.9 cm³/mol. The molecule has 1 aromatic carbocycles. The van der Waals surface area contributed by atoms with E-state index in [9.17, 15) is 0 Å². The Hall–Kier alpha value is -1.26. The van der Waals surface area contributed by atoms with E-state index in [2.05, 4.69) is 0 Å². The summed E-state index contributed by atoms with van der Waals surface area (Å²) in [5.41, 5.74) is 2.13. The van der Waals surface area contributed by atoms with Crippen molar-refractivity contribution in [1.29, 1.82) is 0 Å². The zero-order chi connectivity index (χ0) is 10.3. The highest BCUT2D eigenvalue weighted by molar-refractivity contribution is 5.48. The van der Waals surface area contributed by atoms with Gasteiger partial charge < -0.3 is 18.9 Å². The van der Waals surface area contributed by atoms with E-state index >= 15 is 0 Å². The lowest BCUT2D eigenvalue weighted by Gasteiger charge is -2.12. The topological polar surface area (TPSA) is 36.9 Å². The van der Waals surface area contributed by atoms with Gasteiger partial charge in [-0.1, -0.05) is 0 Å². The van der Waals surface area contributed by atoms with Gasteiger partial charge in [0.05, 0.1) is 13.2 Å². The van der Waals surface area contributed by atoms with Gasteiger partial charge in [0.25, 0.3) is 0 Å². The molecule has 80 valence electrons. The van der Waals surface area contributed by atoms with Crippen molar-refractivity contribution in [2.45, 2.75) is 13.2 Å². The molecule has 0 aromatic heterocycles. The van der Waals surface area contributed by atoms with Crippen LogP contribution in [0.3, 0.4) is 0 Å². The molecule has 0 amide bonds. The predicted octanol–water partition coefficient (Wildman–Crippen LogP) is 1.77. The van der Waals surface area contributed by atoms with Crippen LogP contribution in [0.5, 0.6) is 11.5 Å². The first-order chi connectivity index (χ1) is 7.34. The lowest BCUT2D eigenvalue weighted by molar-refractivity contribution is -0.0446. The van der Waals surface area contributed by atoms with E-state index in [1.807, 2.05) is 19.1 Å². The van der Waals surface area contributed by atoms with E-state index in [4.69, 9.17) is 18.9 Å². The van der Waals surface area contributed by atoms with Crippen molar-refractivity contribution in [1.82, 2.24) is 0 Å². The molecule has 0 saturated carbocycles. The van der Waals surface area contributed by atoms with Gasteiger partial charge in [-0.05, 0) is 24.6 Å². The van der Waals surface area contributed by atoms with Crippen molar-refractivity contribution in [3.05, 3.63) is 23.3 Å². The number of hydrogen-bond acceptors (Lipinski definition) is 4. The van der Waals surface area contributed by atoms with Crippen molar-refractivity contribution in [3.8, 4) is 11.5 Å². The number of hydrogen-bond donors (Lipinski definition) is 0. The first-order valence-electron chi connectivity index (χ1n) is 4.98. The molecule has 4 heteroatoms. The summed E-state index contributed by atoms with van der Waals surface area (Å²) in [5.74, 6) is 1.57. The van der Waals surface area contributed by atoms with E-state index in [0.717, 1.165) is 22.6 Å². The summed E-state index contributed by atoms with van der Waals surface area (Å²) in [6.07, 6.45) is -0.250. The minimum absolute atomic E-state index is 0.250. The fourth-order valence-electron chi connectivity index (χ4n) is 1.85. The van der Waals surface area contributed by atoms with Gasteiger partial charge in [0.15, 0.2) is 17.8 Å². The van der Waals surface area contributed by atoms with Crippen molar-refractivity contribution in [2.24, 2.45) is 0 Å². The quantitative estimate of drug-likeness (QED) is 0.704. The molecule has 0 atom stereocenters. The minimum Gasteiger partial charge on any atom is -0.454 e. The second-order valence-electron chi connectivity index (χ2n) is 3.64. The fraction of sp³-hybridized carbons (Fsp3) is 0.455. The molecule has 4 nitrogen and oxygen atoms in total. The SMILES string of the molecule is Cc1cc2c(cc1C1OCCO1)OCO2. The Morgan fingerprint density at radius 3 is 2.47 bits per heavy atom. The van der Waals surface area contributed by atoms with E-state index in [0.29, 0.717) is 20.0 Å². The molecule has 2 aliphatic rings. The molecule has 2 aliphatic heterocycles. The first kappa shape index (κ1) is 9.00. The van der Waals surface area contributed by atoms with Crippen molar-refractivity contribution < 1.29 is 18.9 Å². The summed E-state index contributed by atoms with van der Waals surface area (Å²) in [6.45, 7) is 3.62. The van der Waals surface area contributed by atoms with E-state index < -0.39 is 0 Å². The Morgan fingerprint density at radius 1 is 1.07 bits per heavy atom. The third kappa shape index (κ3) is 1.46. The molecule has 1 fully saturated rings. The van der Waals surface area contributed by atoms with Gasteiger partial charge in [0.2, 0.25) is 6.79 Å². The average molecular weight is 208 g/mol. The summed E-state index contributed by atoms with van der Waals surface area (Å²) in [4.78, 5) is 0. The molecular weight excluding hydrogens is 196 g/mol. The Labute approximate surface area is 87.7 Å². The zero-order valence-corrected chi connectivity index (χ0v) is 8.49. The summed E-state index contributed by atoms with van der Waals surface area (Å²) in [5, 5.41) is 0. The van der Waals surface area contributed by atoms with Gasteiger partial charge in [-0.25, -0.2) is 0 Å². The zero-order valence-electron chi connectivity index (χ0n) is 8.49.